The Bertz CT molecular complexity index is 1070. The molecule has 8 nitrogen and oxygen atoms in total. The summed E-state index contributed by atoms with van der Waals surface area (Å²) in [5.74, 6) is 0.152. The van der Waals surface area contributed by atoms with Gasteiger partial charge in [-0.3, -0.25) is 4.79 Å². The van der Waals surface area contributed by atoms with E-state index in [4.69, 9.17) is 14.2 Å². The van der Waals surface area contributed by atoms with Crippen molar-refractivity contribution >= 4 is 21.9 Å². The van der Waals surface area contributed by atoms with Crippen molar-refractivity contribution in [3.05, 3.63) is 36.2 Å². The Kier molecular flexibility index (Phi) is 8.37. The summed E-state index contributed by atoms with van der Waals surface area (Å²) in [6, 6.07) is 6.06. The van der Waals surface area contributed by atoms with Crippen LogP contribution < -0.4 is 10.1 Å². The van der Waals surface area contributed by atoms with Crippen molar-refractivity contribution in [2.45, 2.75) is 82.3 Å². The Morgan fingerprint density at radius 2 is 1.64 bits per heavy atom. The Balaban J connectivity index is 1.53. The van der Waals surface area contributed by atoms with Gasteiger partial charge < -0.3 is 19.5 Å². The van der Waals surface area contributed by atoms with Crippen LogP contribution in [0.1, 0.15) is 66.2 Å². The summed E-state index contributed by atoms with van der Waals surface area (Å²) < 4.78 is 55.8. The molecule has 2 bridgehead atoms. The van der Waals surface area contributed by atoms with E-state index < -0.39 is 27.1 Å². The van der Waals surface area contributed by atoms with E-state index in [2.05, 4.69) is 5.32 Å². The number of esters is 1. The standard InChI is InChI=1S/C26H36FNO7S/c1-19(29)34-26-12-9-25(10-13-26,11-14-26)18-36(31,32)22-7-5-21(6-8-22)33-17-20(15-27)16-28-23(30)35-24(2,3)4/h5-8,15H,9-14,16-18H2,1-4H3,(H,28,30)/b20-15+. The van der Waals surface area contributed by atoms with Crippen molar-refractivity contribution in [2.75, 3.05) is 18.9 Å². The number of carbonyl (C=O) groups excluding carboxylic acids is 2. The molecule has 1 aromatic carbocycles. The van der Waals surface area contributed by atoms with Gasteiger partial charge in [0.15, 0.2) is 9.84 Å². The van der Waals surface area contributed by atoms with Gasteiger partial charge in [0.2, 0.25) is 0 Å². The minimum atomic E-state index is -3.53. The van der Waals surface area contributed by atoms with Crippen LogP contribution in [-0.2, 0) is 24.1 Å². The van der Waals surface area contributed by atoms with Crippen molar-refractivity contribution in [1.29, 1.82) is 0 Å². The van der Waals surface area contributed by atoms with Gasteiger partial charge in [0.25, 0.3) is 0 Å². The van der Waals surface area contributed by atoms with Crippen molar-refractivity contribution in [1.82, 2.24) is 5.32 Å². The van der Waals surface area contributed by atoms with Crippen molar-refractivity contribution in [2.24, 2.45) is 5.41 Å². The first kappa shape index (κ1) is 28.0. The molecule has 3 saturated carbocycles. The maximum atomic E-state index is 13.2. The van der Waals surface area contributed by atoms with E-state index in [0.29, 0.717) is 31.3 Å². The molecule has 200 valence electrons. The first-order valence-corrected chi connectivity index (χ1v) is 13.8. The van der Waals surface area contributed by atoms with E-state index in [1.165, 1.54) is 31.2 Å². The van der Waals surface area contributed by atoms with Gasteiger partial charge in [-0.25, -0.2) is 17.6 Å². The second-order valence-electron chi connectivity index (χ2n) is 10.9. The van der Waals surface area contributed by atoms with Crippen LogP contribution in [0.15, 0.2) is 41.1 Å². The number of hydrogen-bond acceptors (Lipinski definition) is 7. The van der Waals surface area contributed by atoms with Gasteiger partial charge in [0.05, 0.1) is 17.0 Å². The molecule has 0 saturated heterocycles. The second-order valence-corrected chi connectivity index (χ2v) is 12.9. The van der Waals surface area contributed by atoms with Gasteiger partial charge in [-0.1, -0.05) is 0 Å². The highest BCUT2D eigenvalue weighted by Crippen LogP contribution is 2.54. The molecule has 0 atom stereocenters. The number of nitrogens with one attached hydrogen (secondary N) is 1. The number of alkyl carbamates (subject to hydrolysis) is 1. The SMILES string of the molecule is CC(=O)OC12CCC(CS(=O)(=O)c3ccc(OC/C(=C/F)CNC(=O)OC(C)(C)C)cc3)(CC1)CC2. The molecule has 0 aliphatic heterocycles. The summed E-state index contributed by atoms with van der Waals surface area (Å²) in [6.07, 6.45) is 3.94. The summed E-state index contributed by atoms with van der Waals surface area (Å²) in [5, 5.41) is 2.46. The van der Waals surface area contributed by atoms with Crippen LogP contribution >= 0.6 is 0 Å². The highest BCUT2D eigenvalue weighted by molar-refractivity contribution is 7.91. The van der Waals surface area contributed by atoms with Crippen LogP contribution in [-0.4, -0.2) is 50.6 Å². The van der Waals surface area contributed by atoms with Crippen LogP contribution in [0.25, 0.3) is 0 Å². The van der Waals surface area contributed by atoms with Crippen molar-refractivity contribution < 1.29 is 36.6 Å². The fraction of sp³-hybridized carbons (Fsp3) is 0.615. The summed E-state index contributed by atoms with van der Waals surface area (Å²) in [4.78, 5) is 23.4. The van der Waals surface area contributed by atoms with E-state index in [9.17, 15) is 22.4 Å². The van der Waals surface area contributed by atoms with Gasteiger partial charge in [-0.2, -0.15) is 0 Å². The zero-order chi connectivity index (χ0) is 26.6. The molecule has 3 aliphatic rings. The molecule has 0 radical (unpaired) electrons. The maximum absolute atomic E-state index is 13.2. The topological polar surface area (TPSA) is 108 Å². The fourth-order valence-electron chi connectivity index (χ4n) is 4.93. The number of benzene rings is 1. The normalized spacial score (nSPS) is 24.2. The van der Waals surface area contributed by atoms with Crippen LogP contribution in [0.2, 0.25) is 0 Å². The number of amides is 1. The maximum Gasteiger partial charge on any atom is 0.407 e. The minimum absolute atomic E-state index is 0.0570. The number of sulfone groups is 1. The van der Waals surface area contributed by atoms with Crippen LogP contribution in [0.4, 0.5) is 9.18 Å². The molecule has 0 aromatic heterocycles. The van der Waals surface area contributed by atoms with E-state index in [1.807, 2.05) is 0 Å². The molecule has 1 amide bonds. The molecule has 1 aromatic rings. The van der Waals surface area contributed by atoms with E-state index >= 15 is 0 Å². The number of carbonyl (C=O) groups is 2. The number of fused-ring (bicyclic) bond motifs is 3. The van der Waals surface area contributed by atoms with Gasteiger partial charge in [-0.05, 0) is 89.0 Å². The third-order valence-corrected chi connectivity index (χ3v) is 8.79. The van der Waals surface area contributed by atoms with Gasteiger partial charge >= 0.3 is 12.1 Å². The molecular weight excluding hydrogens is 489 g/mol. The molecule has 3 fully saturated rings. The fourth-order valence-corrected chi connectivity index (χ4v) is 6.89. The van der Waals surface area contributed by atoms with Crippen LogP contribution in [0.5, 0.6) is 5.75 Å². The zero-order valence-electron chi connectivity index (χ0n) is 21.4. The van der Waals surface area contributed by atoms with Crippen molar-refractivity contribution in [3.63, 3.8) is 0 Å². The average molecular weight is 526 g/mol. The monoisotopic (exact) mass is 525 g/mol. The molecule has 4 rings (SSSR count). The predicted molar refractivity (Wildman–Crippen MR) is 132 cm³/mol. The first-order valence-electron chi connectivity index (χ1n) is 12.2. The first-order chi connectivity index (χ1) is 16.8. The highest BCUT2D eigenvalue weighted by Gasteiger charge is 2.52. The molecule has 3 aliphatic carbocycles. The molecule has 0 spiro atoms. The Hall–Kier alpha value is -2.62. The van der Waals surface area contributed by atoms with Crippen molar-refractivity contribution in [3.8, 4) is 5.75 Å². The van der Waals surface area contributed by atoms with Gasteiger partial charge in [-0.15, -0.1) is 0 Å². The van der Waals surface area contributed by atoms with E-state index in [-0.39, 0.29) is 40.8 Å². The van der Waals surface area contributed by atoms with Crippen LogP contribution in [0, 0.1) is 5.41 Å². The quantitative estimate of drug-likeness (QED) is 0.458. The predicted octanol–water partition coefficient (Wildman–Crippen LogP) is 4.87. The Morgan fingerprint density at radius 3 is 2.14 bits per heavy atom. The van der Waals surface area contributed by atoms with E-state index in [1.54, 1.807) is 20.8 Å². The molecular formula is C26H36FNO7S. The zero-order valence-corrected chi connectivity index (χ0v) is 22.2. The highest BCUT2D eigenvalue weighted by atomic mass is 32.2. The summed E-state index contributed by atoms with van der Waals surface area (Å²) in [5.41, 5.74) is -1.19. The molecule has 36 heavy (non-hydrogen) atoms. The van der Waals surface area contributed by atoms with Gasteiger partial charge in [0, 0.05) is 19.0 Å². The second kappa shape index (κ2) is 10.8. The molecule has 1 N–H and O–H groups in total. The lowest BCUT2D eigenvalue weighted by Crippen LogP contribution is -2.50. The molecule has 0 heterocycles. The number of rotatable bonds is 9. The number of halogens is 1. The summed E-state index contributed by atoms with van der Waals surface area (Å²) in [6.45, 7) is 6.39. The molecule has 10 heteroatoms. The number of hydrogen-bond donors (Lipinski definition) is 1. The van der Waals surface area contributed by atoms with Gasteiger partial charge in [0.1, 0.15) is 23.6 Å². The lowest BCUT2D eigenvalue weighted by atomic mass is 9.59. The Labute approximate surface area is 212 Å². The van der Waals surface area contributed by atoms with E-state index in [0.717, 1.165) is 19.3 Å². The third-order valence-electron chi connectivity index (χ3n) is 6.81. The Morgan fingerprint density at radius 1 is 1.06 bits per heavy atom. The lowest BCUT2D eigenvalue weighted by Gasteiger charge is -2.52. The average Bonchev–Trinajstić information content (AvgIpc) is 2.79. The lowest BCUT2D eigenvalue weighted by molar-refractivity contribution is -0.173. The largest absolute Gasteiger partial charge is 0.489 e. The third kappa shape index (κ3) is 7.44. The minimum Gasteiger partial charge on any atom is -0.489 e. The smallest absolute Gasteiger partial charge is 0.407 e. The number of ether oxygens (including phenoxy) is 3. The summed E-state index contributed by atoms with van der Waals surface area (Å²) in [7, 11) is -3.53. The molecule has 0 unspecified atom stereocenters. The summed E-state index contributed by atoms with van der Waals surface area (Å²) >= 11 is 0. The van der Waals surface area contributed by atoms with Crippen LogP contribution in [0.3, 0.4) is 0 Å².